The van der Waals surface area contributed by atoms with Gasteiger partial charge in [0.1, 0.15) is 5.69 Å². The number of fused-ring (bicyclic) bond motifs is 1. The number of piperazine rings is 1. The summed E-state index contributed by atoms with van der Waals surface area (Å²) in [5, 5.41) is 17.9. The molecule has 12 heteroatoms. The zero-order valence-electron chi connectivity index (χ0n) is 27.1. The van der Waals surface area contributed by atoms with E-state index in [1.54, 1.807) is 38.7 Å². The number of nitrogens with zero attached hydrogens (tertiary/aromatic N) is 8. The number of piperidine rings is 1. The van der Waals surface area contributed by atoms with Gasteiger partial charge in [0, 0.05) is 75.0 Å². The molecule has 2 fully saturated rings. The van der Waals surface area contributed by atoms with Crippen molar-refractivity contribution >= 4 is 28.6 Å². The van der Waals surface area contributed by atoms with E-state index in [0.29, 0.717) is 22.8 Å². The van der Waals surface area contributed by atoms with E-state index in [9.17, 15) is 9.90 Å². The topological polar surface area (TPSA) is 108 Å². The molecule has 0 bridgehead atoms. The van der Waals surface area contributed by atoms with Gasteiger partial charge in [0.15, 0.2) is 5.82 Å². The number of likely N-dealkylation sites (N-methyl/N-ethyl adjacent to an activating group) is 1. The standard InChI is InChI=1S/C33H44FN9O2/c1-21-17-25(29(34)30(36-21)26-19-35-40(6)22(26)2)31(44)38-32-37-27-8-7-24(18-28(27)43(32)20-33(3,4)45)41-11-9-23(10-12-41)42-15-13-39(5)14-16-42/h7-8,17-19,23,45H,9-16,20H2,1-6H3,(H,37,38,44). The van der Waals surface area contributed by atoms with Gasteiger partial charge in [-0.05, 0) is 71.8 Å². The van der Waals surface area contributed by atoms with Crippen molar-refractivity contribution in [2.75, 3.05) is 56.5 Å². The normalized spacial score (nSPS) is 17.4. The molecule has 5 heterocycles. The van der Waals surface area contributed by atoms with Crippen LogP contribution < -0.4 is 10.2 Å². The van der Waals surface area contributed by atoms with Gasteiger partial charge in [-0.2, -0.15) is 5.10 Å². The number of aliphatic hydroxyl groups is 1. The Morgan fingerprint density at radius 2 is 1.76 bits per heavy atom. The summed E-state index contributed by atoms with van der Waals surface area (Å²) in [6, 6.07) is 8.15. The maximum absolute atomic E-state index is 15.8. The van der Waals surface area contributed by atoms with Crippen LogP contribution in [-0.4, -0.2) is 103 Å². The van der Waals surface area contributed by atoms with Gasteiger partial charge < -0.3 is 19.5 Å². The van der Waals surface area contributed by atoms with Gasteiger partial charge in [-0.25, -0.2) is 14.4 Å². The van der Waals surface area contributed by atoms with E-state index < -0.39 is 17.3 Å². The summed E-state index contributed by atoms with van der Waals surface area (Å²) in [5.74, 6) is -1.11. The Kier molecular flexibility index (Phi) is 8.40. The van der Waals surface area contributed by atoms with E-state index in [-0.39, 0.29) is 23.8 Å². The number of hydrogen-bond donors (Lipinski definition) is 2. The Morgan fingerprint density at radius 3 is 2.40 bits per heavy atom. The molecule has 6 rings (SSSR count). The second-order valence-electron chi connectivity index (χ2n) is 13.3. The summed E-state index contributed by atoms with van der Waals surface area (Å²) < 4.78 is 19.3. The van der Waals surface area contributed by atoms with Crippen molar-refractivity contribution in [1.82, 2.24) is 34.1 Å². The molecule has 45 heavy (non-hydrogen) atoms. The minimum atomic E-state index is -1.09. The van der Waals surface area contributed by atoms with Gasteiger partial charge in [0.25, 0.3) is 5.91 Å². The molecule has 2 aliphatic heterocycles. The largest absolute Gasteiger partial charge is 0.389 e. The van der Waals surface area contributed by atoms with E-state index in [1.807, 2.05) is 17.6 Å². The smallest absolute Gasteiger partial charge is 0.261 e. The number of rotatable bonds is 7. The molecule has 2 N–H and O–H groups in total. The lowest BCUT2D eigenvalue weighted by Gasteiger charge is -2.42. The van der Waals surface area contributed by atoms with Crippen molar-refractivity contribution in [1.29, 1.82) is 0 Å². The SMILES string of the molecule is Cc1cc(C(=O)Nc2nc3ccc(N4CCC(N5CCN(C)CC5)CC4)cc3n2CC(C)(C)O)c(F)c(-c2cnn(C)c2C)n1. The molecule has 0 spiro atoms. The Balaban J connectivity index is 1.27. The molecule has 1 amide bonds. The summed E-state index contributed by atoms with van der Waals surface area (Å²) in [5.41, 5.74) is 3.20. The maximum Gasteiger partial charge on any atom is 0.261 e. The number of hydrogen-bond acceptors (Lipinski definition) is 8. The Labute approximate surface area is 263 Å². The molecule has 0 aliphatic carbocycles. The Hall–Kier alpha value is -3.87. The molecule has 4 aromatic rings. The van der Waals surface area contributed by atoms with Crippen molar-refractivity contribution in [3.8, 4) is 11.3 Å². The maximum atomic E-state index is 15.8. The van der Waals surface area contributed by atoms with Crippen LogP contribution in [0.15, 0.2) is 30.5 Å². The third-order valence-corrected chi connectivity index (χ3v) is 9.21. The van der Waals surface area contributed by atoms with Crippen LogP contribution in [0.1, 0.15) is 48.4 Å². The Morgan fingerprint density at radius 1 is 1.04 bits per heavy atom. The van der Waals surface area contributed by atoms with E-state index in [2.05, 4.69) is 49.3 Å². The molecule has 2 aliphatic rings. The summed E-state index contributed by atoms with van der Waals surface area (Å²) in [6.07, 6.45) is 3.78. The molecule has 2 saturated heterocycles. The molecule has 1 aromatic carbocycles. The molecule has 3 aromatic heterocycles. The average Bonchev–Trinajstić information content (AvgIpc) is 3.51. The molecular weight excluding hydrogens is 573 g/mol. The van der Waals surface area contributed by atoms with E-state index in [1.165, 1.54) is 6.07 Å². The monoisotopic (exact) mass is 617 g/mol. The predicted octanol–water partition coefficient (Wildman–Crippen LogP) is 3.83. The van der Waals surface area contributed by atoms with Crippen LogP contribution in [0.25, 0.3) is 22.3 Å². The van der Waals surface area contributed by atoms with Crippen molar-refractivity contribution in [3.05, 3.63) is 53.2 Å². The molecule has 0 saturated carbocycles. The number of benzene rings is 1. The number of imidazole rings is 1. The zero-order chi connectivity index (χ0) is 32.0. The first-order valence-electron chi connectivity index (χ1n) is 15.8. The predicted molar refractivity (Wildman–Crippen MR) is 174 cm³/mol. The third kappa shape index (κ3) is 6.45. The van der Waals surface area contributed by atoms with Crippen molar-refractivity contribution in [2.24, 2.45) is 7.05 Å². The summed E-state index contributed by atoms with van der Waals surface area (Å²) >= 11 is 0. The number of amides is 1. The second-order valence-corrected chi connectivity index (χ2v) is 13.3. The Bertz CT molecular complexity index is 1710. The van der Waals surface area contributed by atoms with E-state index >= 15 is 4.39 Å². The third-order valence-electron chi connectivity index (χ3n) is 9.21. The number of carbonyl (C=O) groups is 1. The lowest BCUT2D eigenvalue weighted by atomic mass is 10.0. The quantitative estimate of drug-likeness (QED) is 0.322. The summed E-state index contributed by atoms with van der Waals surface area (Å²) in [4.78, 5) is 30.2. The number of anilines is 2. The number of pyridine rings is 1. The molecule has 11 nitrogen and oxygen atoms in total. The zero-order valence-corrected chi connectivity index (χ0v) is 27.1. The van der Waals surface area contributed by atoms with E-state index in [4.69, 9.17) is 4.98 Å². The van der Waals surface area contributed by atoms with Crippen LogP contribution in [0.3, 0.4) is 0 Å². The highest BCUT2D eigenvalue weighted by atomic mass is 19.1. The molecule has 240 valence electrons. The van der Waals surface area contributed by atoms with Gasteiger partial charge in [0.2, 0.25) is 5.95 Å². The van der Waals surface area contributed by atoms with Crippen LogP contribution in [0, 0.1) is 19.7 Å². The second kappa shape index (κ2) is 12.1. The van der Waals surface area contributed by atoms with E-state index in [0.717, 1.165) is 69.0 Å². The number of halogens is 1. The fourth-order valence-corrected chi connectivity index (χ4v) is 6.53. The fourth-order valence-electron chi connectivity index (χ4n) is 6.53. The van der Waals surface area contributed by atoms with Crippen molar-refractivity contribution in [2.45, 2.75) is 58.7 Å². The molecule has 0 atom stereocenters. The van der Waals surface area contributed by atoms with Gasteiger partial charge in [-0.3, -0.25) is 19.7 Å². The lowest BCUT2D eigenvalue weighted by Crippen LogP contribution is -2.52. The van der Waals surface area contributed by atoms with Crippen LogP contribution in [0.2, 0.25) is 0 Å². The minimum absolute atomic E-state index is 0.0804. The first kappa shape index (κ1) is 31.1. The van der Waals surface area contributed by atoms with Gasteiger partial charge in [-0.15, -0.1) is 0 Å². The fraction of sp³-hybridized carbons (Fsp3) is 0.515. The highest BCUT2D eigenvalue weighted by molar-refractivity contribution is 6.05. The van der Waals surface area contributed by atoms with Gasteiger partial charge in [-0.1, -0.05) is 0 Å². The average molecular weight is 618 g/mol. The van der Waals surface area contributed by atoms with Crippen LogP contribution in [0.4, 0.5) is 16.0 Å². The van der Waals surface area contributed by atoms with Gasteiger partial charge >= 0.3 is 0 Å². The first-order chi connectivity index (χ1) is 21.4. The molecule has 0 radical (unpaired) electrons. The number of aryl methyl sites for hydroxylation is 2. The number of aromatic nitrogens is 5. The van der Waals surface area contributed by atoms with Crippen LogP contribution in [0.5, 0.6) is 0 Å². The molecular formula is C33H44FN9O2. The minimum Gasteiger partial charge on any atom is -0.389 e. The van der Waals surface area contributed by atoms with Crippen molar-refractivity contribution in [3.63, 3.8) is 0 Å². The summed E-state index contributed by atoms with van der Waals surface area (Å²) in [7, 11) is 3.96. The van der Waals surface area contributed by atoms with Crippen LogP contribution in [-0.2, 0) is 13.6 Å². The van der Waals surface area contributed by atoms with Gasteiger partial charge in [0.05, 0.1) is 34.9 Å². The highest BCUT2D eigenvalue weighted by Crippen LogP contribution is 2.31. The van der Waals surface area contributed by atoms with Crippen LogP contribution >= 0.6 is 0 Å². The molecule has 0 unspecified atom stereocenters. The number of carbonyl (C=O) groups excluding carboxylic acids is 1. The summed E-state index contributed by atoms with van der Waals surface area (Å²) in [6.45, 7) is 13.6. The number of nitrogens with one attached hydrogen (secondary N) is 1. The lowest BCUT2D eigenvalue weighted by molar-refractivity contribution is 0.0630. The highest BCUT2D eigenvalue weighted by Gasteiger charge is 2.28. The first-order valence-corrected chi connectivity index (χ1v) is 15.8. The van der Waals surface area contributed by atoms with Crippen molar-refractivity contribution < 1.29 is 14.3 Å².